The first kappa shape index (κ1) is 10.6. The molecule has 4 nitrogen and oxygen atoms in total. The third-order valence-electron chi connectivity index (χ3n) is 2.74. The molecular formula is C10H15N3OS. The van der Waals surface area contributed by atoms with Crippen LogP contribution in [0.3, 0.4) is 0 Å². The first-order chi connectivity index (χ1) is 7.09. The summed E-state index contributed by atoms with van der Waals surface area (Å²) in [4.78, 5) is 17.9. The van der Waals surface area contributed by atoms with Gasteiger partial charge < -0.3 is 10.6 Å². The van der Waals surface area contributed by atoms with Gasteiger partial charge in [0.05, 0.1) is 12.1 Å². The molecule has 1 fully saturated rings. The van der Waals surface area contributed by atoms with Crippen molar-refractivity contribution in [1.29, 1.82) is 0 Å². The molecule has 2 unspecified atom stereocenters. The summed E-state index contributed by atoms with van der Waals surface area (Å²) >= 11 is 1.60. The highest BCUT2D eigenvalue weighted by Crippen LogP contribution is 2.27. The molecule has 1 aliphatic heterocycles. The second-order valence-electron chi connectivity index (χ2n) is 3.93. The van der Waals surface area contributed by atoms with E-state index < -0.39 is 0 Å². The van der Waals surface area contributed by atoms with Gasteiger partial charge in [-0.15, -0.1) is 11.3 Å². The Hall–Kier alpha value is -0.940. The minimum atomic E-state index is -0.312. The summed E-state index contributed by atoms with van der Waals surface area (Å²) in [5, 5.41) is 3.00. The van der Waals surface area contributed by atoms with E-state index in [1.165, 1.54) is 0 Å². The van der Waals surface area contributed by atoms with Crippen LogP contribution in [-0.4, -0.2) is 28.4 Å². The van der Waals surface area contributed by atoms with Gasteiger partial charge in [0.1, 0.15) is 5.01 Å². The second kappa shape index (κ2) is 3.90. The number of likely N-dealkylation sites (tertiary alicyclic amines) is 1. The van der Waals surface area contributed by atoms with Crippen LogP contribution in [0.15, 0.2) is 5.38 Å². The molecule has 1 aromatic rings. The largest absolute Gasteiger partial charge is 0.332 e. The number of aryl methyl sites for hydroxylation is 1. The summed E-state index contributed by atoms with van der Waals surface area (Å²) in [6.45, 7) is 4.72. The summed E-state index contributed by atoms with van der Waals surface area (Å²) in [5.74, 6) is 0.0513. The van der Waals surface area contributed by atoms with Gasteiger partial charge in [0.15, 0.2) is 0 Å². The van der Waals surface area contributed by atoms with E-state index in [1.807, 2.05) is 24.1 Å². The maximum absolute atomic E-state index is 11.7. The van der Waals surface area contributed by atoms with Crippen molar-refractivity contribution in [2.45, 2.75) is 32.4 Å². The number of rotatable bonds is 2. The third kappa shape index (κ3) is 1.89. The first-order valence-electron chi connectivity index (χ1n) is 5.07. The van der Waals surface area contributed by atoms with Crippen molar-refractivity contribution in [3.63, 3.8) is 0 Å². The SMILES string of the molecule is Cc1csc(C(C)N2CCC(N)C2=O)n1. The van der Waals surface area contributed by atoms with Crippen molar-refractivity contribution in [1.82, 2.24) is 9.88 Å². The number of hydrogen-bond donors (Lipinski definition) is 1. The van der Waals surface area contributed by atoms with Crippen LogP contribution < -0.4 is 5.73 Å². The van der Waals surface area contributed by atoms with Crippen molar-refractivity contribution < 1.29 is 4.79 Å². The fraction of sp³-hybridized carbons (Fsp3) is 0.600. The lowest BCUT2D eigenvalue weighted by atomic mass is 10.3. The molecule has 0 aliphatic carbocycles. The lowest BCUT2D eigenvalue weighted by Gasteiger charge is -2.22. The molecule has 1 aliphatic rings. The Kier molecular flexibility index (Phi) is 2.75. The Morgan fingerprint density at radius 3 is 2.93 bits per heavy atom. The van der Waals surface area contributed by atoms with Gasteiger partial charge in [-0.3, -0.25) is 4.79 Å². The summed E-state index contributed by atoms with van der Waals surface area (Å²) < 4.78 is 0. The van der Waals surface area contributed by atoms with E-state index in [2.05, 4.69) is 4.98 Å². The van der Waals surface area contributed by atoms with Gasteiger partial charge >= 0.3 is 0 Å². The minimum Gasteiger partial charge on any atom is -0.332 e. The number of carbonyl (C=O) groups excluding carboxylic acids is 1. The van der Waals surface area contributed by atoms with Gasteiger partial charge in [0, 0.05) is 17.6 Å². The Labute approximate surface area is 93.1 Å². The molecule has 1 amide bonds. The summed E-state index contributed by atoms with van der Waals surface area (Å²) in [5.41, 5.74) is 6.69. The molecule has 1 saturated heterocycles. The highest BCUT2D eigenvalue weighted by molar-refractivity contribution is 7.09. The average molecular weight is 225 g/mol. The van der Waals surface area contributed by atoms with Crippen molar-refractivity contribution in [3.8, 4) is 0 Å². The molecule has 1 aromatic heterocycles. The van der Waals surface area contributed by atoms with E-state index in [1.54, 1.807) is 11.3 Å². The van der Waals surface area contributed by atoms with Crippen LogP contribution in [-0.2, 0) is 4.79 Å². The van der Waals surface area contributed by atoms with Crippen molar-refractivity contribution in [2.75, 3.05) is 6.54 Å². The van der Waals surface area contributed by atoms with Gasteiger partial charge in [0.25, 0.3) is 0 Å². The molecule has 0 saturated carbocycles. The number of nitrogens with two attached hydrogens (primary N) is 1. The number of carbonyl (C=O) groups is 1. The lowest BCUT2D eigenvalue weighted by molar-refractivity contribution is -0.130. The van der Waals surface area contributed by atoms with Crippen molar-refractivity contribution >= 4 is 17.2 Å². The summed E-state index contributed by atoms with van der Waals surface area (Å²) in [6, 6.07) is -0.252. The summed E-state index contributed by atoms with van der Waals surface area (Å²) in [7, 11) is 0. The number of amides is 1. The maximum Gasteiger partial charge on any atom is 0.240 e. The third-order valence-corrected chi connectivity index (χ3v) is 3.88. The highest BCUT2D eigenvalue weighted by Gasteiger charge is 2.33. The molecule has 5 heteroatoms. The average Bonchev–Trinajstić information content (AvgIpc) is 2.75. The van der Waals surface area contributed by atoms with Gasteiger partial charge in [-0.2, -0.15) is 0 Å². The van der Waals surface area contributed by atoms with Gasteiger partial charge in [-0.05, 0) is 20.3 Å². The van der Waals surface area contributed by atoms with Crippen molar-refractivity contribution in [3.05, 3.63) is 16.1 Å². The Balaban J connectivity index is 2.15. The Bertz CT molecular complexity index is 376. The van der Waals surface area contributed by atoms with Crippen LogP contribution in [0.4, 0.5) is 0 Å². The van der Waals surface area contributed by atoms with E-state index in [4.69, 9.17) is 5.73 Å². The quantitative estimate of drug-likeness (QED) is 0.819. The Morgan fingerprint density at radius 2 is 2.47 bits per heavy atom. The number of aromatic nitrogens is 1. The number of nitrogens with zero attached hydrogens (tertiary/aromatic N) is 2. The van der Waals surface area contributed by atoms with Crippen LogP contribution in [0.2, 0.25) is 0 Å². The molecule has 2 N–H and O–H groups in total. The van der Waals surface area contributed by atoms with E-state index in [9.17, 15) is 4.79 Å². The van der Waals surface area contributed by atoms with Crippen LogP contribution >= 0.6 is 11.3 Å². The summed E-state index contributed by atoms with van der Waals surface area (Å²) in [6.07, 6.45) is 0.757. The van der Waals surface area contributed by atoms with E-state index in [-0.39, 0.29) is 18.0 Å². The molecule has 0 aromatic carbocycles. The molecule has 2 heterocycles. The van der Waals surface area contributed by atoms with E-state index in [0.717, 1.165) is 23.7 Å². The lowest BCUT2D eigenvalue weighted by Crippen LogP contribution is -2.35. The first-order valence-corrected chi connectivity index (χ1v) is 5.95. The predicted molar refractivity (Wildman–Crippen MR) is 59.6 cm³/mol. The van der Waals surface area contributed by atoms with Crippen LogP contribution in [0.5, 0.6) is 0 Å². The second-order valence-corrected chi connectivity index (χ2v) is 4.82. The fourth-order valence-corrected chi connectivity index (χ4v) is 2.67. The van der Waals surface area contributed by atoms with Gasteiger partial charge in [-0.1, -0.05) is 0 Å². The van der Waals surface area contributed by atoms with Crippen LogP contribution in [0.1, 0.15) is 30.1 Å². The van der Waals surface area contributed by atoms with Crippen LogP contribution in [0, 0.1) is 6.92 Å². The predicted octanol–water partition coefficient (Wildman–Crippen LogP) is 1.07. The zero-order valence-corrected chi connectivity index (χ0v) is 9.75. The number of thiazole rings is 1. The van der Waals surface area contributed by atoms with E-state index in [0.29, 0.717) is 0 Å². The van der Waals surface area contributed by atoms with Crippen LogP contribution in [0.25, 0.3) is 0 Å². The normalized spacial score (nSPS) is 23.5. The maximum atomic E-state index is 11.7. The molecule has 82 valence electrons. The molecule has 15 heavy (non-hydrogen) atoms. The van der Waals surface area contributed by atoms with Gasteiger partial charge in [-0.25, -0.2) is 4.98 Å². The number of hydrogen-bond acceptors (Lipinski definition) is 4. The molecule has 0 radical (unpaired) electrons. The van der Waals surface area contributed by atoms with Crippen molar-refractivity contribution in [2.24, 2.45) is 5.73 Å². The molecule has 2 rings (SSSR count). The zero-order valence-electron chi connectivity index (χ0n) is 8.93. The molecule has 0 bridgehead atoms. The topological polar surface area (TPSA) is 59.2 Å². The fourth-order valence-electron chi connectivity index (χ4n) is 1.81. The van der Waals surface area contributed by atoms with Gasteiger partial charge in [0.2, 0.25) is 5.91 Å². The standard InChI is InChI=1S/C10H15N3OS/c1-6-5-15-9(12-6)7(2)13-4-3-8(11)10(13)14/h5,7-8H,3-4,11H2,1-2H3. The van der Waals surface area contributed by atoms with E-state index >= 15 is 0 Å². The minimum absolute atomic E-state index is 0.0513. The highest BCUT2D eigenvalue weighted by atomic mass is 32.1. The molecule has 2 atom stereocenters. The monoisotopic (exact) mass is 225 g/mol. The molecule has 0 spiro atoms. The Morgan fingerprint density at radius 1 is 1.73 bits per heavy atom. The molecular weight excluding hydrogens is 210 g/mol. The smallest absolute Gasteiger partial charge is 0.240 e. The zero-order chi connectivity index (χ0) is 11.0.